The highest BCUT2D eigenvalue weighted by Gasteiger charge is 2.18. The van der Waals surface area contributed by atoms with E-state index in [0.717, 1.165) is 17.8 Å². The van der Waals surface area contributed by atoms with Crippen molar-refractivity contribution in [1.82, 2.24) is 4.72 Å². The summed E-state index contributed by atoms with van der Waals surface area (Å²) < 4.78 is 39.7. The smallest absolute Gasteiger partial charge is 0.211 e. The summed E-state index contributed by atoms with van der Waals surface area (Å²) in [4.78, 5) is 0.00791. The molecular weight excluding hydrogens is 321 g/mol. The minimum atomic E-state index is -3.63. The van der Waals surface area contributed by atoms with Gasteiger partial charge in [0.1, 0.15) is 5.82 Å². The van der Waals surface area contributed by atoms with Crippen LogP contribution < -0.4 is 4.72 Å². The van der Waals surface area contributed by atoms with Gasteiger partial charge in [0.05, 0.1) is 4.90 Å². The number of aryl methyl sites for hydroxylation is 1. The highest BCUT2D eigenvalue weighted by atomic mass is 79.9. The Bertz CT molecular complexity index is 505. The first-order valence-corrected chi connectivity index (χ1v) is 8.29. The summed E-state index contributed by atoms with van der Waals surface area (Å²) in [5.41, 5.74) is 0.539. The van der Waals surface area contributed by atoms with Crippen LogP contribution in [0.25, 0.3) is 0 Å². The summed E-state index contributed by atoms with van der Waals surface area (Å²) in [5, 5.41) is 0.828. The van der Waals surface area contributed by atoms with Crippen LogP contribution in [0.5, 0.6) is 0 Å². The summed E-state index contributed by atoms with van der Waals surface area (Å²) in [7, 11) is -3.63. The van der Waals surface area contributed by atoms with E-state index in [1.165, 1.54) is 12.1 Å². The summed E-state index contributed by atoms with van der Waals surface area (Å²) in [6.07, 6.45) is 0.880. The van der Waals surface area contributed by atoms with E-state index in [1.54, 1.807) is 6.92 Å². The van der Waals surface area contributed by atoms with Crippen molar-refractivity contribution in [3.63, 3.8) is 0 Å². The lowest BCUT2D eigenvalue weighted by molar-refractivity contribution is 0.530. The van der Waals surface area contributed by atoms with Gasteiger partial charge in [0, 0.05) is 11.9 Å². The second-order valence-corrected chi connectivity index (χ2v) is 6.87. The molecule has 102 valence electrons. The molecule has 0 aliphatic heterocycles. The zero-order valence-corrected chi connectivity index (χ0v) is 12.8. The minimum absolute atomic E-state index is 0.00791. The average Bonchev–Trinajstić information content (AvgIpc) is 2.30. The molecule has 1 atom stereocenters. The molecule has 0 spiro atoms. The highest BCUT2D eigenvalue weighted by molar-refractivity contribution is 9.09. The van der Waals surface area contributed by atoms with E-state index in [4.69, 9.17) is 0 Å². The van der Waals surface area contributed by atoms with Crippen LogP contribution in [0.1, 0.15) is 18.9 Å². The lowest BCUT2D eigenvalue weighted by atomic mass is 10.1. The zero-order valence-electron chi connectivity index (χ0n) is 10.4. The van der Waals surface area contributed by atoms with Crippen LogP contribution >= 0.6 is 15.9 Å². The van der Waals surface area contributed by atoms with Crippen LogP contribution in [0.15, 0.2) is 23.1 Å². The van der Waals surface area contributed by atoms with E-state index in [9.17, 15) is 12.8 Å². The number of rotatable bonds is 6. The zero-order chi connectivity index (χ0) is 13.8. The topological polar surface area (TPSA) is 46.2 Å². The van der Waals surface area contributed by atoms with Crippen molar-refractivity contribution in [2.75, 3.05) is 11.9 Å². The Morgan fingerprint density at radius 1 is 1.44 bits per heavy atom. The highest BCUT2D eigenvalue weighted by Crippen LogP contribution is 2.16. The third kappa shape index (κ3) is 4.33. The summed E-state index contributed by atoms with van der Waals surface area (Å²) in [6.45, 7) is 3.96. The van der Waals surface area contributed by atoms with Gasteiger partial charge in [-0.2, -0.15) is 0 Å². The van der Waals surface area contributed by atoms with Gasteiger partial charge in [-0.15, -0.1) is 0 Å². The van der Waals surface area contributed by atoms with E-state index in [0.29, 0.717) is 12.1 Å². The van der Waals surface area contributed by atoms with Gasteiger partial charge in [0.15, 0.2) is 0 Å². The van der Waals surface area contributed by atoms with Gasteiger partial charge >= 0.3 is 0 Å². The monoisotopic (exact) mass is 337 g/mol. The molecule has 0 heterocycles. The maximum atomic E-state index is 13.1. The molecule has 18 heavy (non-hydrogen) atoms. The Hall–Kier alpha value is -0.460. The lowest BCUT2D eigenvalue weighted by Crippen LogP contribution is -2.29. The summed E-state index contributed by atoms with van der Waals surface area (Å²) in [6, 6.07) is 3.76. The Morgan fingerprint density at radius 3 is 2.72 bits per heavy atom. The Kier molecular flexibility index (Phi) is 5.75. The fourth-order valence-electron chi connectivity index (χ4n) is 1.48. The molecule has 1 N–H and O–H groups in total. The quantitative estimate of drug-likeness (QED) is 0.811. The van der Waals surface area contributed by atoms with Gasteiger partial charge < -0.3 is 0 Å². The van der Waals surface area contributed by atoms with Crippen molar-refractivity contribution in [3.05, 3.63) is 29.6 Å². The fraction of sp³-hybridized carbons (Fsp3) is 0.500. The predicted molar refractivity (Wildman–Crippen MR) is 73.9 cm³/mol. The van der Waals surface area contributed by atoms with Crippen molar-refractivity contribution in [1.29, 1.82) is 0 Å². The van der Waals surface area contributed by atoms with Crippen molar-refractivity contribution < 1.29 is 12.8 Å². The van der Waals surface area contributed by atoms with Gasteiger partial charge in [-0.3, -0.25) is 0 Å². The molecule has 1 aromatic rings. The minimum Gasteiger partial charge on any atom is -0.211 e. The van der Waals surface area contributed by atoms with Crippen LogP contribution in [0.2, 0.25) is 0 Å². The molecule has 6 heteroatoms. The molecule has 0 aliphatic rings. The number of nitrogens with one attached hydrogen (secondary N) is 1. The number of hydrogen-bond acceptors (Lipinski definition) is 2. The molecule has 0 saturated carbocycles. The van der Waals surface area contributed by atoms with Gasteiger partial charge in [0.2, 0.25) is 10.0 Å². The summed E-state index contributed by atoms with van der Waals surface area (Å²) >= 11 is 3.31. The fourth-order valence-corrected chi connectivity index (χ4v) is 3.68. The molecule has 0 radical (unpaired) electrons. The molecule has 0 aliphatic carbocycles. The van der Waals surface area contributed by atoms with Gasteiger partial charge in [-0.25, -0.2) is 17.5 Å². The molecule has 0 amide bonds. The largest absolute Gasteiger partial charge is 0.240 e. The maximum Gasteiger partial charge on any atom is 0.240 e. The number of halogens is 2. The molecule has 0 saturated heterocycles. The van der Waals surface area contributed by atoms with Crippen LogP contribution in [0.3, 0.4) is 0 Å². The van der Waals surface area contributed by atoms with Crippen molar-refractivity contribution >= 4 is 26.0 Å². The Morgan fingerprint density at radius 2 is 2.11 bits per heavy atom. The second kappa shape index (κ2) is 6.63. The second-order valence-electron chi connectivity index (χ2n) is 4.34. The normalized spacial score (nSPS) is 13.6. The molecule has 1 unspecified atom stereocenters. The van der Waals surface area contributed by atoms with Gasteiger partial charge in [0.25, 0.3) is 0 Å². The van der Waals surface area contributed by atoms with E-state index < -0.39 is 15.8 Å². The van der Waals surface area contributed by atoms with E-state index >= 15 is 0 Å². The van der Waals surface area contributed by atoms with Gasteiger partial charge in [-0.1, -0.05) is 28.9 Å². The molecular formula is C12H17BrFNO2S. The molecule has 0 aromatic heterocycles. The van der Waals surface area contributed by atoms with Crippen LogP contribution in [0.4, 0.5) is 4.39 Å². The number of benzene rings is 1. The van der Waals surface area contributed by atoms with Gasteiger partial charge in [-0.05, 0) is 37.0 Å². The molecule has 3 nitrogen and oxygen atoms in total. The number of sulfonamides is 1. The van der Waals surface area contributed by atoms with E-state index in [-0.39, 0.29) is 10.8 Å². The van der Waals surface area contributed by atoms with E-state index in [1.807, 2.05) is 6.92 Å². The van der Waals surface area contributed by atoms with Crippen LogP contribution in [0, 0.1) is 18.7 Å². The Labute approximate surface area is 116 Å². The standard InChI is InChI=1S/C12H17BrFNO2S/c1-9(5-6-13)8-15-18(16,17)12-7-11(14)4-3-10(12)2/h3-4,7,9,15H,5-6,8H2,1-2H3. The average molecular weight is 338 g/mol. The number of alkyl halides is 1. The van der Waals surface area contributed by atoms with Crippen LogP contribution in [-0.4, -0.2) is 20.3 Å². The maximum absolute atomic E-state index is 13.1. The SMILES string of the molecule is Cc1ccc(F)cc1S(=O)(=O)NCC(C)CCBr. The van der Waals surface area contributed by atoms with Crippen molar-refractivity contribution in [2.24, 2.45) is 5.92 Å². The van der Waals surface area contributed by atoms with Crippen LogP contribution in [-0.2, 0) is 10.0 Å². The third-order valence-corrected chi connectivity index (χ3v) is 4.69. The van der Waals surface area contributed by atoms with Crippen molar-refractivity contribution in [2.45, 2.75) is 25.2 Å². The number of hydrogen-bond donors (Lipinski definition) is 1. The molecule has 1 rings (SSSR count). The molecule has 0 fully saturated rings. The lowest BCUT2D eigenvalue weighted by Gasteiger charge is -2.13. The first-order valence-electron chi connectivity index (χ1n) is 5.68. The summed E-state index contributed by atoms with van der Waals surface area (Å²) in [5.74, 6) is -0.317. The molecule has 0 bridgehead atoms. The van der Waals surface area contributed by atoms with Crippen molar-refractivity contribution in [3.8, 4) is 0 Å². The Balaban J connectivity index is 2.83. The third-order valence-electron chi connectivity index (χ3n) is 2.66. The first kappa shape index (κ1) is 15.6. The first-order chi connectivity index (χ1) is 8.36. The van der Waals surface area contributed by atoms with E-state index in [2.05, 4.69) is 20.7 Å². The predicted octanol–water partition coefficient (Wildman–Crippen LogP) is 2.83. The molecule has 1 aromatic carbocycles.